The number of rotatable bonds is 9. The number of nitrogens with zero attached hydrogens (tertiary/aromatic N) is 2. The van der Waals surface area contributed by atoms with Crippen LogP contribution >= 0.6 is 0 Å². The topological polar surface area (TPSA) is 89.0 Å². The summed E-state index contributed by atoms with van der Waals surface area (Å²) in [5.41, 5.74) is 0.0544. The Bertz CT molecular complexity index is 866. The smallest absolute Gasteiger partial charge is 0.419 e. The summed E-state index contributed by atoms with van der Waals surface area (Å²) in [6.07, 6.45) is -3.16. The lowest BCUT2D eigenvalue weighted by Gasteiger charge is -2.16. The average molecular weight is 441 g/mol. The van der Waals surface area contributed by atoms with Crippen LogP contribution in [-0.2, 0) is 12.7 Å². The van der Waals surface area contributed by atoms with Crippen LogP contribution in [0.15, 0.2) is 35.5 Å². The lowest BCUT2D eigenvalue weighted by atomic mass is 10.2. The second-order valence-corrected chi connectivity index (χ2v) is 6.21. The fourth-order valence-electron chi connectivity index (χ4n) is 2.78. The SMILES string of the molecule is CN=C(NCCNc1ncccc1C(F)(F)F)NCc1cc(OC)c(OC)c(OC)c1. The van der Waals surface area contributed by atoms with Gasteiger partial charge in [-0.1, -0.05) is 0 Å². The van der Waals surface area contributed by atoms with Crippen molar-refractivity contribution in [2.75, 3.05) is 46.8 Å². The van der Waals surface area contributed by atoms with Gasteiger partial charge in [0.2, 0.25) is 5.75 Å². The Balaban J connectivity index is 1.91. The number of anilines is 1. The normalized spacial score (nSPS) is 11.6. The van der Waals surface area contributed by atoms with Gasteiger partial charge < -0.3 is 30.2 Å². The molecule has 8 nitrogen and oxygen atoms in total. The first-order chi connectivity index (χ1) is 14.8. The first-order valence-corrected chi connectivity index (χ1v) is 9.33. The Labute approximate surface area is 178 Å². The van der Waals surface area contributed by atoms with Crippen molar-refractivity contribution in [3.8, 4) is 17.2 Å². The van der Waals surface area contributed by atoms with E-state index in [0.717, 1.165) is 11.6 Å². The average Bonchev–Trinajstić information content (AvgIpc) is 2.77. The van der Waals surface area contributed by atoms with E-state index in [2.05, 4.69) is 25.9 Å². The summed E-state index contributed by atoms with van der Waals surface area (Å²) in [5, 5.41) is 8.84. The fourth-order valence-corrected chi connectivity index (χ4v) is 2.78. The van der Waals surface area contributed by atoms with Crippen LogP contribution in [0.1, 0.15) is 11.1 Å². The van der Waals surface area contributed by atoms with Crippen molar-refractivity contribution in [2.24, 2.45) is 4.99 Å². The number of aromatic nitrogens is 1. The molecule has 0 saturated heterocycles. The second-order valence-electron chi connectivity index (χ2n) is 6.21. The third-order valence-corrected chi connectivity index (χ3v) is 4.23. The Morgan fingerprint density at radius 2 is 1.71 bits per heavy atom. The van der Waals surface area contributed by atoms with Crippen molar-refractivity contribution in [1.29, 1.82) is 0 Å². The molecule has 2 rings (SSSR count). The molecule has 0 bridgehead atoms. The minimum atomic E-state index is -4.47. The molecule has 0 aliphatic rings. The maximum atomic E-state index is 13.0. The van der Waals surface area contributed by atoms with Gasteiger partial charge in [-0.05, 0) is 29.8 Å². The molecule has 0 radical (unpaired) electrons. The van der Waals surface area contributed by atoms with E-state index in [0.29, 0.717) is 36.3 Å². The lowest BCUT2D eigenvalue weighted by Crippen LogP contribution is -2.39. The monoisotopic (exact) mass is 441 g/mol. The van der Waals surface area contributed by atoms with E-state index in [1.54, 1.807) is 7.05 Å². The highest BCUT2D eigenvalue weighted by atomic mass is 19.4. The highest BCUT2D eigenvalue weighted by Gasteiger charge is 2.33. The minimum absolute atomic E-state index is 0.211. The molecule has 0 aliphatic heterocycles. The zero-order valence-corrected chi connectivity index (χ0v) is 17.8. The van der Waals surface area contributed by atoms with Gasteiger partial charge in [-0.2, -0.15) is 13.2 Å². The number of pyridine rings is 1. The number of guanidine groups is 1. The van der Waals surface area contributed by atoms with Crippen molar-refractivity contribution in [3.63, 3.8) is 0 Å². The molecule has 3 N–H and O–H groups in total. The quantitative estimate of drug-likeness (QED) is 0.313. The van der Waals surface area contributed by atoms with Crippen LogP contribution in [0.5, 0.6) is 17.2 Å². The van der Waals surface area contributed by atoms with E-state index in [1.807, 2.05) is 12.1 Å². The molecular weight excluding hydrogens is 415 g/mol. The number of benzene rings is 1. The number of aliphatic imine (C=N–C) groups is 1. The van der Waals surface area contributed by atoms with Gasteiger partial charge >= 0.3 is 6.18 Å². The molecule has 0 saturated carbocycles. The van der Waals surface area contributed by atoms with Gasteiger partial charge in [0.1, 0.15) is 5.82 Å². The molecular formula is C20H26F3N5O3. The Hall–Kier alpha value is -3.37. The number of nitrogens with one attached hydrogen (secondary N) is 3. The van der Waals surface area contributed by atoms with Gasteiger partial charge in [0.15, 0.2) is 17.5 Å². The third kappa shape index (κ3) is 6.56. The van der Waals surface area contributed by atoms with Gasteiger partial charge in [-0.15, -0.1) is 0 Å². The predicted octanol–water partition coefficient (Wildman–Crippen LogP) is 2.90. The molecule has 0 unspecified atom stereocenters. The summed E-state index contributed by atoms with van der Waals surface area (Å²) in [5.74, 6) is 1.82. The number of alkyl halides is 3. The van der Waals surface area contributed by atoms with Crippen LogP contribution in [-0.4, -0.2) is 52.4 Å². The maximum absolute atomic E-state index is 13.0. The van der Waals surface area contributed by atoms with Gasteiger partial charge in [0.25, 0.3) is 0 Å². The van der Waals surface area contributed by atoms with Crippen molar-refractivity contribution in [3.05, 3.63) is 41.6 Å². The van der Waals surface area contributed by atoms with E-state index in [4.69, 9.17) is 14.2 Å². The summed E-state index contributed by atoms with van der Waals surface area (Å²) >= 11 is 0. The summed E-state index contributed by atoms with van der Waals surface area (Å²) in [4.78, 5) is 7.87. The zero-order valence-electron chi connectivity index (χ0n) is 17.8. The van der Waals surface area contributed by atoms with Crippen LogP contribution in [0, 0.1) is 0 Å². The first-order valence-electron chi connectivity index (χ1n) is 9.33. The molecule has 0 spiro atoms. The predicted molar refractivity (Wildman–Crippen MR) is 112 cm³/mol. The molecule has 0 fully saturated rings. The summed E-state index contributed by atoms with van der Waals surface area (Å²) < 4.78 is 55.0. The lowest BCUT2D eigenvalue weighted by molar-refractivity contribution is -0.137. The molecule has 11 heteroatoms. The van der Waals surface area contributed by atoms with Gasteiger partial charge in [-0.25, -0.2) is 4.98 Å². The van der Waals surface area contributed by atoms with E-state index in [9.17, 15) is 13.2 Å². The van der Waals surface area contributed by atoms with Crippen molar-refractivity contribution in [2.45, 2.75) is 12.7 Å². The summed E-state index contributed by atoms with van der Waals surface area (Å²) in [6, 6.07) is 5.85. The fraction of sp³-hybridized carbons (Fsp3) is 0.400. The number of methoxy groups -OCH3 is 3. The molecule has 0 atom stereocenters. The molecule has 1 heterocycles. The molecule has 0 aliphatic carbocycles. The number of ether oxygens (including phenoxy) is 3. The zero-order chi connectivity index (χ0) is 22.9. The van der Waals surface area contributed by atoms with Crippen LogP contribution in [0.4, 0.5) is 19.0 Å². The molecule has 1 aromatic heterocycles. The Kier molecular flexibility index (Phi) is 8.59. The molecule has 2 aromatic rings. The van der Waals surface area contributed by atoms with E-state index in [1.165, 1.54) is 33.6 Å². The highest BCUT2D eigenvalue weighted by molar-refractivity contribution is 5.79. The Morgan fingerprint density at radius 3 is 2.26 bits per heavy atom. The maximum Gasteiger partial charge on any atom is 0.419 e. The van der Waals surface area contributed by atoms with Gasteiger partial charge in [0.05, 0.1) is 26.9 Å². The van der Waals surface area contributed by atoms with Crippen molar-refractivity contribution in [1.82, 2.24) is 15.6 Å². The highest BCUT2D eigenvalue weighted by Crippen LogP contribution is 2.38. The number of halogens is 3. The molecule has 0 amide bonds. The van der Waals surface area contributed by atoms with Crippen molar-refractivity contribution >= 4 is 11.8 Å². The number of hydrogen-bond acceptors (Lipinski definition) is 6. The van der Waals surface area contributed by atoms with Crippen LogP contribution in [0.25, 0.3) is 0 Å². The van der Waals surface area contributed by atoms with E-state index < -0.39 is 11.7 Å². The molecule has 1 aromatic carbocycles. The van der Waals surface area contributed by atoms with Gasteiger partial charge in [-0.3, -0.25) is 4.99 Å². The van der Waals surface area contributed by atoms with Crippen LogP contribution < -0.4 is 30.2 Å². The standard InChI is InChI=1S/C20H26F3N5O3/c1-24-19(27-9-8-26-18-14(20(21,22)23)6-5-7-25-18)28-12-13-10-15(29-2)17(31-4)16(11-13)30-3/h5-7,10-11H,8-9,12H2,1-4H3,(H,25,26)(H2,24,27,28). The van der Waals surface area contributed by atoms with Crippen molar-refractivity contribution < 1.29 is 27.4 Å². The molecule has 31 heavy (non-hydrogen) atoms. The first kappa shape index (κ1) is 23.9. The number of hydrogen-bond donors (Lipinski definition) is 3. The minimum Gasteiger partial charge on any atom is -0.493 e. The largest absolute Gasteiger partial charge is 0.493 e. The van der Waals surface area contributed by atoms with Crippen LogP contribution in [0.3, 0.4) is 0 Å². The van der Waals surface area contributed by atoms with E-state index >= 15 is 0 Å². The van der Waals surface area contributed by atoms with E-state index in [-0.39, 0.29) is 12.4 Å². The molecule has 170 valence electrons. The second kappa shape index (κ2) is 11.1. The Morgan fingerprint density at radius 1 is 1.03 bits per heavy atom. The summed E-state index contributed by atoms with van der Waals surface area (Å²) in [7, 11) is 6.20. The third-order valence-electron chi connectivity index (χ3n) is 4.23. The van der Waals surface area contributed by atoms with Gasteiger partial charge in [0, 0.05) is 32.9 Å². The van der Waals surface area contributed by atoms with Crippen LogP contribution in [0.2, 0.25) is 0 Å². The summed E-state index contributed by atoms with van der Waals surface area (Å²) in [6.45, 7) is 0.941.